The summed E-state index contributed by atoms with van der Waals surface area (Å²) < 4.78 is 21.0. The molecule has 2 fully saturated rings. The highest BCUT2D eigenvalue weighted by atomic mass is 32.1. The van der Waals surface area contributed by atoms with Gasteiger partial charge in [-0.2, -0.15) is 0 Å². The summed E-state index contributed by atoms with van der Waals surface area (Å²) in [6, 6.07) is 15.3. The van der Waals surface area contributed by atoms with Crippen LogP contribution in [0.4, 0.5) is 10.3 Å². The molecule has 0 spiro atoms. The summed E-state index contributed by atoms with van der Waals surface area (Å²) in [4.78, 5) is 9.56. The molecule has 0 atom stereocenters. The molecule has 3 aromatic rings. The molecule has 2 aliphatic rings. The average molecular weight is 497 g/mol. The summed E-state index contributed by atoms with van der Waals surface area (Å²) in [6.45, 7) is 7.83. The Hall–Kier alpha value is -2.75. The molecule has 2 aromatic carbocycles. The van der Waals surface area contributed by atoms with Crippen molar-refractivity contribution in [1.82, 2.24) is 24.7 Å². The third-order valence-corrected chi connectivity index (χ3v) is 7.23. The van der Waals surface area contributed by atoms with E-state index in [1.807, 2.05) is 30.3 Å². The lowest BCUT2D eigenvalue weighted by molar-refractivity contribution is 0.0676. The second kappa shape index (κ2) is 11.3. The summed E-state index contributed by atoms with van der Waals surface area (Å²) in [5, 5.41) is 7.95. The number of morpholine rings is 1. The van der Waals surface area contributed by atoms with Gasteiger partial charge in [-0.1, -0.05) is 24.3 Å². The van der Waals surface area contributed by atoms with Crippen molar-refractivity contribution in [1.29, 1.82) is 0 Å². The van der Waals surface area contributed by atoms with Gasteiger partial charge in [-0.15, -0.1) is 0 Å². The normalized spacial score (nSPS) is 17.6. The molecule has 0 saturated carbocycles. The van der Waals surface area contributed by atoms with Gasteiger partial charge < -0.3 is 29.7 Å². The minimum atomic E-state index is -0.215. The van der Waals surface area contributed by atoms with Gasteiger partial charge in [-0.3, -0.25) is 0 Å². The van der Waals surface area contributed by atoms with Crippen LogP contribution in [0.25, 0.3) is 11.0 Å². The minimum Gasteiger partial charge on any atom is -0.378 e. The predicted molar refractivity (Wildman–Crippen MR) is 141 cm³/mol. The van der Waals surface area contributed by atoms with Gasteiger partial charge >= 0.3 is 0 Å². The molecule has 9 heteroatoms. The first kappa shape index (κ1) is 24.0. The fourth-order valence-electron chi connectivity index (χ4n) is 4.80. The summed E-state index contributed by atoms with van der Waals surface area (Å²) in [5.74, 6) is 0.666. The maximum absolute atomic E-state index is 13.4. The summed E-state index contributed by atoms with van der Waals surface area (Å²) in [6.07, 6.45) is 2.13. The number of fused-ring (bicyclic) bond motifs is 1. The van der Waals surface area contributed by atoms with Crippen molar-refractivity contribution < 1.29 is 9.13 Å². The Morgan fingerprint density at radius 1 is 1.03 bits per heavy atom. The lowest BCUT2D eigenvalue weighted by Crippen LogP contribution is -2.48. The van der Waals surface area contributed by atoms with Crippen LogP contribution in [0, 0.1) is 5.82 Å². The minimum absolute atomic E-state index is 0.215. The van der Waals surface area contributed by atoms with E-state index < -0.39 is 0 Å². The maximum Gasteiger partial charge on any atom is 0.204 e. The third-order valence-electron chi connectivity index (χ3n) is 6.83. The molecule has 2 aliphatic heterocycles. The van der Waals surface area contributed by atoms with Crippen LogP contribution in [-0.2, 0) is 11.3 Å². The highest BCUT2D eigenvalue weighted by Crippen LogP contribution is 2.24. The van der Waals surface area contributed by atoms with Gasteiger partial charge in [0.15, 0.2) is 5.11 Å². The first-order valence-electron chi connectivity index (χ1n) is 12.4. The molecule has 2 saturated heterocycles. The van der Waals surface area contributed by atoms with Crippen LogP contribution in [0.15, 0.2) is 48.5 Å². The summed E-state index contributed by atoms with van der Waals surface area (Å²) >= 11 is 5.53. The monoisotopic (exact) mass is 496 g/mol. The van der Waals surface area contributed by atoms with Gasteiger partial charge in [0.25, 0.3) is 0 Å². The molecule has 0 unspecified atom stereocenters. The van der Waals surface area contributed by atoms with Crippen LogP contribution in [0.2, 0.25) is 0 Å². The molecule has 0 radical (unpaired) electrons. The van der Waals surface area contributed by atoms with E-state index in [1.54, 1.807) is 0 Å². The number of para-hydroxylation sites is 2. The Morgan fingerprint density at radius 2 is 1.77 bits per heavy atom. The number of aromatic nitrogens is 2. The van der Waals surface area contributed by atoms with Gasteiger partial charge in [0.05, 0.1) is 30.8 Å². The molecule has 0 amide bonds. The second-order valence-electron chi connectivity index (χ2n) is 9.23. The van der Waals surface area contributed by atoms with Crippen molar-refractivity contribution in [2.45, 2.75) is 25.4 Å². The molecule has 5 rings (SSSR count). The van der Waals surface area contributed by atoms with Gasteiger partial charge in [-0.25, -0.2) is 9.37 Å². The fourth-order valence-corrected chi connectivity index (χ4v) is 5.09. The molecule has 3 heterocycles. The van der Waals surface area contributed by atoms with E-state index in [1.165, 1.54) is 12.1 Å². The van der Waals surface area contributed by atoms with E-state index in [0.29, 0.717) is 12.6 Å². The maximum atomic E-state index is 13.4. The lowest BCUT2D eigenvalue weighted by Gasteiger charge is -2.33. The number of halogens is 1. The molecule has 35 heavy (non-hydrogen) atoms. The van der Waals surface area contributed by atoms with E-state index in [0.717, 1.165) is 93.0 Å². The fraction of sp³-hybridized carbons (Fsp3) is 0.462. The Morgan fingerprint density at radius 3 is 2.54 bits per heavy atom. The molecule has 2 N–H and O–H groups in total. The van der Waals surface area contributed by atoms with Crippen LogP contribution in [0.3, 0.4) is 0 Å². The SMILES string of the molecule is Fc1ccc(Cn2c(NC3CCN(CCNC(=S)N4CCOCC4)CC3)nc3ccccc32)cc1. The Balaban J connectivity index is 1.15. The Bertz CT molecular complexity index is 1120. The van der Waals surface area contributed by atoms with Crippen molar-refractivity contribution in [2.24, 2.45) is 0 Å². The first-order valence-corrected chi connectivity index (χ1v) is 12.9. The molecular formula is C26H33FN6OS. The topological polar surface area (TPSA) is 57.6 Å². The van der Waals surface area contributed by atoms with E-state index in [9.17, 15) is 4.39 Å². The number of benzene rings is 2. The van der Waals surface area contributed by atoms with Crippen LogP contribution < -0.4 is 10.6 Å². The van der Waals surface area contributed by atoms with Crippen LogP contribution in [-0.4, -0.2) is 83.0 Å². The molecule has 186 valence electrons. The number of likely N-dealkylation sites (tertiary alicyclic amines) is 1. The van der Waals surface area contributed by atoms with Gasteiger partial charge in [0.2, 0.25) is 5.95 Å². The zero-order chi connectivity index (χ0) is 24.0. The van der Waals surface area contributed by atoms with E-state index in [-0.39, 0.29) is 5.82 Å². The third kappa shape index (κ3) is 6.09. The van der Waals surface area contributed by atoms with Gasteiger partial charge in [0.1, 0.15) is 5.82 Å². The van der Waals surface area contributed by atoms with Crippen LogP contribution in [0.1, 0.15) is 18.4 Å². The van der Waals surface area contributed by atoms with E-state index in [2.05, 4.69) is 31.1 Å². The average Bonchev–Trinajstić information content (AvgIpc) is 3.23. The molecule has 7 nitrogen and oxygen atoms in total. The lowest BCUT2D eigenvalue weighted by atomic mass is 10.1. The molecular weight excluding hydrogens is 463 g/mol. The number of nitrogens with one attached hydrogen (secondary N) is 2. The Kier molecular flexibility index (Phi) is 7.75. The number of hydrogen-bond donors (Lipinski definition) is 2. The van der Waals surface area contributed by atoms with Crippen LogP contribution in [0.5, 0.6) is 0 Å². The number of anilines is 1. The number of piperidine rings is 1. The number of imidazole rings is 1. The standard InChI is InChI=1S/C26H33FN6OS/c27-21-7-5-20(6-8-21)19-33-24-4-2-1-3-23(24)30-25(33)29-22-9-12-31(13-10-22)14-11-28-26(35)32-15-17-34-18-16-32/h1-8,22H,9-19H2,(H,28,35)(H,29,30). The zero-order valence-corrected chi connectivity index (χ0v) is 20.8. The first-order chi connectivity index (χ1) is 17.2. The second-order valence-corrected chi connectivity index (χ2v) is 9.62. The predicted octanol–water partition coefficient (Wildman–Crippen LogP) is 3.31. The number of thiocarbonyl (C=S) groups is 1. The number of rotatable bonds is 7. The molecule has 0 bridgehead atoms. The number of ether oxygens (including phenoxy) is 1. The molecule has 0 aliphatic carbocycles. The van der Waals surface area contributed by atoms with Crippen molar-refractivity contribution >= 4 is 34.3 Å². The highest BCUT2D eigenvalue weighted by Gasteiger charge is 2.22. The summed E-state index contributed by atoms with van der Waals surface area (Å²) in [5.41, 5.74) is 3.10. The quantitative estimate of drug-likeness (QED) is 0.487. The largest absolute Gasteiger partial charge is 0.378 e. The van der Waals surface area contributed by atoms with Crippen molar-refractivity contribution in [2.75, 3.05) is 57.8 Å². The van der Waals surface area contributed by atoms with E-state index >= 15 is 0 Å². The number of nitrogens with zero attached hydrogens (tertiary/aromatic N) is 4. The smallest absolute Gasteiger partial charge is 0.204 e. The number of hydrogen-bond acceptors (Lipinski definition) is 5. The zero-order valence-electron chi connectivity index (χ0n) is 20.0. The van der Waals surface area contributed by atoms with Gasteiger partial charge in [-0.05, 0) is 54.9 Å². The summed E-state index contributed by atoms with van der Waals surface area (Å²) in [7, 11) is 0. The van der Waals surface area contributed by atoms with Crippen LogP contribution >= 0.6 is 12.2 Å². The van der Waals surface area contributed by atoms with Crippen molar-refractivity contribution in [3.8, 4) is 0 Å². The Labute approximate surface area is 211 Å². The van der Waals surface area contributed by atoms with Gasteiger partial charge in [0, 0.05) is 45.3 Å². The highest BCUT2D eigenvalue weighted by molar-refractivity contribution is 7.80. The van der Waals surface area contributed by atoms with Crippen molar-refractivity contribution in [3.63, 3.8) is 0 Å². The van der Waals surface area contributed by atoms with E-state index in [4.69, 9.17) is 21.9 Å². The molecule has 1 aromatic heterocycles. The van der Waals surface area contributed by atoms with Crippen molar-refractivity contribution in [3.05, 3.63) is 59.9 Å².